The highest BCUT2D eigenvalue weighted by molar-refractivity contribution is 7.17. The molecular weight excluding hydrogens is 319 g/mol. The first kappa shape index (κ1) is 14.9. The molecule has 0 aliphatic carbocycles. The monoisotopic (exact) mass is 332 g/mol. The average Bonchev–Trinajstić information content (AvgIpc) is 3.07. The van der Waals surface area contributed by atoms with Crippen LogP contribution in [-0.4, -0.2) is 10.9 Å². The summed E-state index contributed by atoms with van der Waals surface area (Å²) in [4.78, 5) is 18.7. The largest absolute Gasteiger partial charge is 0.302 e. The number of rotatable bonds is 4. The number of benzene rings is 1. The van der Waals surface area contributed by atoms with Crippen molar-refractivity contribution in [3.8, 4) is 10.6 Å². The second-order valence-corrected chi connectivity index (χ2v) is 6.95. The first-order valence-electron chi connectivity index (χ1n) is 6.67. The van der Waals surface area contributed by atoms with E-state index in [0.29, 0.717) is 10.7 Å². The molecule has 2 heterocycles. The van der Waals surface area contributed by atoms with E-state index >= 15 is 0 Å². The fourth-order valence-corrected chi connectivity index (χ4v) is 3.64. The van der Waals surface area contributed by atoms with Gasteiger partial charge in [-0.05, 0) is 36.8 Å². The highest BCUT2D eigenvalue weighted by Gasteiger charge is 2.10. The van der Waals surface area contributed by atoms with E-state index in [1.807, 2.05) is 24.4 Å². The number of carbonyl (C=O) groups is 1. The van der Waals surface area contributed by atoms with Crippen LogP contribution >= 0.6 is 22.7 Å². The molecule has 3 aromatic rings. The number of anilines is 1. The van der Waals surface area contributed by atoms with E-state index < -0.39 is 0 Å². The van der Waals surface area contributed by atoms with Crippen LogP contribution in [0, 0.1) is 12.7 Å². The minimum absolute atomic E-state index is 0.130. The number of carbonyl (C=O) groups excluding carboxylic acids is 1. The van der Waals surface area contributed by atoms with Crippen LogP contribution in [0.1, 0.15) is 10.4 Å². The molecule has 3 nitrogen and oxygen atoms in total. The van der Waals surface area contributed by atoms with Crippen molar-refractivity contribution in [2.75, 3.05) is 5.32 Å². The Bertz CT molecular complexity index is 810. The van der Waals surface area contributed by atoms with Gasteiger partial charge in [-0.2, -0.15) is 0 Å². The van der Waals surface area contributed by atoms with Crippen molar-refractivity contribution in [1.29, 1.82) is 0 Å². The molecule has 0 aliphatic rings. The lowest BCUT2D eigenvalue weighted by Gasteiger charge is -2.02. The van der Waals surface area contributed by atoms with Gasteiger partial charge < -0.3 is 5.32 Å². The summed E-state index contributed by atoms with van der Waals surface area (Å²) in [5, 5.41) is 5.24. The van der Waals surface area contributed by atoms with E-state index in [1.165, 1.54) is 28.3 Å². The summed E-state index contributed by atoms with van der Waals surface area (Å²) in [5.41, 5.74) is 1.51. The fourth-order valence-electron chi connectivity index (χ4n) is 2.01. The van der Waals surface area contributed by atoms with Gasteiger partial charge in [0.1, 0.15) is 5.82 Å². The zero-order valence-corrected chi connectivity index (χ0v) is 13.4. The van der Waals surface area contributed by atoms with Crippen LogP contribution in [0.15, 0.2) is 41.8 Å². The lowest BCUT2D eigenvalue weighted by atomic mass is 10.1. The number of halogens is 1. The van der Waals surface area contributed by atoms with Crippen molar-refractivity contribution in [2.45, 2.75) is 13.3 Å². The second-order valence-electron chi connectivity index (χ2n) is 4.80. The molecule has 0 radical (unpaired) electrons. The Morgan fingerprint density at radius 1 is 1.32 bits per heavy atom. The molecule has 0 saturated carbocycles. The van der Waals surface area contributed by atoms with Crippen molar-refractivity contribution < 1.29 is 9.18 Å². The van der Waals surface area contributed by atoms with Gasteiger partial charge in [0.15, 0.2) is 5.13 Å². The van der Waals surface area contributed by atoms with Crippen LogP contribution in [0.3, 0.4) is 0 Å². The topological polar surface area (TPSA) is 42.0 Å². The third-order valence-electron chi connectivity index (χ3n) is 3.00. The number of thiazole rings is 1. The summed E-state index contributed by atoms with van der Waals surface area (Å²) in [5.74, 6) is -0.538. The lowest BCUT2D eigenvalue weighted by Crippen LogP contribution is -2.14. The Kier molecular flexibility index (Phi) is 4.31. The number of nitrogens with zero attached hydrogens (tertiary/aromatic N) is 1. The highest BCUT2D eigenvalue weighted by atomic mass is 32.1. The first-order valence-corrected chi connectivity index (χ1v) is 8.36. The molecule has 1 aromatic carbocycles. The lowest BCUT2D eigenvalue weighted by molar-refractivity contribution is -0.115. The predicted octanol–water partition coefficient (Wildman–Crippen LogP) is 4.50. The van der Waals surface area contributed by atoms with E-state index in [-0.39, 0.29) is 18.1 Å². The quantitative estimate of drug-likeness (QED) is 0.764. The Hall–Kier alpha value is -2.05. The number of aryl methyl sites for hydroxylation is 1. The van der Waals surface area contributed by atoms with Crippen molar-refractivity contribution in [2.24, 2.45) is 0 Å². The van der Waals surface area contributed by atoms with Crippen molar-refractivity contribution in [1.82, 2.24) is 4.98 Å². The minimum Gasteiger partial charge on any atom is -0.302 e. The van der Waals surface area contributed by atoms with Crippen molar-refractivity contribution in [3.63, 3.8) is 0 Å². The van der Waals surface area contributed by atoms with Crippen molar-refractivity contribution in [3.05, 3.63) is 58.0 Å². The standard InChI is InChI=1S/C16H13FN2OS2/c1-10-5-6-14(22-10)13-9-21-16(18-13)19-15(20)8-11-3-2-4-12(17)7-11/h2-7,9H,8H2,1H3,(H,18,19,20). The molecule has 22 heavy (non-hydrogen) atoms. The maximum atomic E-state index is 13.1. The Balaban J connectivity index is 1.66. The fraction of sp³-hybridized carbons (Fsp3) is 0.125. The Labute approximate surface area is 135 Å². The van der Waals surface area contributed by atoms with Gasteiger partial charge in [0.05, 0.1) is 17.0 Å². The highest BCUT2D eigenvalue weighted by Crippen LogP contribution is 2.30. The number of nitrogens with one attached hydrogen (secondary N) is 1. The van der Waals surface area contributed by atoms with Gasteiger partial charge in [-0.25, -0.2) is 9.37 Å². The van der Waals surface area contributed by atoms with Crippen molar-refractivity contribution >= 4 is 33.7 Å². The number of hydrogen-bond acceptors (Lipinski definition) is 4. The molecule has 0 spiro atoms. The van der Waals surface area contributed by atoms with E-state index in [0.717, 1.165) is 10.6 Å². The van der Waals surface area contributed by atoms with Gasteiger partial charge >= 0.3 is 0 Å². The maximum Gasteiger partial charge on any atom is 0.230 e. The molecular formula is C16H13FN2OS2. The van der Waals surface area contributed by atoms with E-state index in [2.05, 4.69) is 10.3 Å². The van der Waals surface area contributed by atoms with E-state index in [9.17, 15) is 9.18 Å². The van der Waals surface area contributed by atoms with Gasteiger partial charge in [0.25, 0.3) is 0 Å². The van der Waals surface area contributed by atoms with Gasteiger partial charge in [-0.3, -0.25) is 4.79 Å². The third-order valence-corrected chi connectivity index (χ3v) is 4.78. The molecule has 0 aliphatic heterocycles. The predicted molar refractivity (Wildman–Crippen MR) is 88.9 cm³/mol. The summed E-state index contributed by atoms with van der Waals surface area (Å²) < 4.78 is 13.1. The van der Waals surface area contributed by atoms with Crippen LogP contribution in [0.2, 0.25) is 0 Å². The van der Waals surface area contributed by atoms with Crippen LogP contribution < -0.4 is 5.32 Å². The summed E-state index contributed by atoms with van der Waals surface area (Å²) >= 11 is 3.05. The summed E-state index contributed by atoms with van der Waals surface area (Å²) in [6.07, 6.45) is 0.130. The number of hydrogen-bond donors (Lipinski definition) is 1. The number of amides is 1. The molecule has 0 fully saturated rings. The number of thiophene rings is 1. The van der Waals surface area contributed by atoms with Gasteiger partial charge in [-0.1, -0.05) is 12.1 Å². The molecule has 3 rings (SSSR count). The molecule has 112 valence electrons. The van der Waals surface area contributed by atoms with Gasteiger partial charge in [-0.15, -0.1) is 22.7 Å². The molecule has 0 atom stereocenters. The number of aromatic nitrogens is 1. The molecule has 0 bridgehead atoms. The van der Waals surface area contributed by atoms with Crippen LogP contribution in [-0.2, 0) is 11.2 Å². The molecule has 1 amide bonds. The minimum atomic E-state index is -0.338. The zero-order valence-electron chi connectivity index (χ0n) is 11.8. The van der Waals surface area contributed by atoms with E-state index in [1.54, 1.807) is 23.5 Å². The summed E-state index contributed by atoms with van der Waals surface area (Å²) in [7, 11) is 0. The van der Waals surface area contributed by atoms with Crippen LogP contribution in [0.4, 0.5) is 9.52 Å². The van der Waals surface area contributed by atoms with Gasteiger partial charge in [0.2, 0.25) is 5.91 Å². The Morgan fingerprint density at radius 2 is 2.18 bits per heavy atom. The molecule has 6 heteroatoms. The SMILES string of the molecule is Cc1ccc(-c2csc(NC(=O)Cc3cccc(F)c3)n2)s1. The molecule has 0 unspecified atom stereocenters. The van der Waals surface area contributed by atoms with Crippen LogP contribution in [0.5, 0.6) is 0 Å². The maximum absolute atomic E-state index is 13.1. The molecule has 0 saturated heterocycles. The second kappa shape index (κ2) is 6.37. The molecule has 1 N–H and O–H groups in total. The zero-order chi connectivity index (χ0) is 15.5. The molecule has 2 aromatic heterocycles. The normalized spacial score (nSPS) is 10.6. The summed E-state index contributed by atoms with van der Waals surface area (Å²) in [6.45, 7) is 2.04. The third kappa shape index (κ3) is 3.58. The van der Waals surface area contributed by atoms with Gasteiger partial charge in [0, 0.05) is 10.3 Å². The summed E-state index contributed by atoms with van der Waals surface area (Å²) in [6, 6.07) is 10.1. The Morgan fingerprint density at radius 3 is 2.91 bits per heavy atom. The average molecular weight is 332 g/mol. The smallest absolute Gasteiger partial charge is 0.230 e. The van der Waals surface area contributed by atoms with Crippen LogP contribution in [0.25, 0.3) is 10.6 Å². The first-order chi connectivity index (χ1) is 10.6. The van der Waals surface area contributed by atoms with E-state index in [4.69, 9.17) is 0 Å².